The molecule has 0 saturated carbocycles. The fourth-order valence-corrected chi connectivity index (χ4v) is 4.51. The fourth-order valence-electron chi connectivity index (χ4n) is 3.24. The highest BCUT2D eigenvalue weighted by Crippen LogP contribution is 2.29. The summed E-state index contributed by atoms with van der Waals surface area (Å²) in [6.07, 6.45) is 1.80. The molecule has 2 unspecified atom stereocenters. The highest BCUT2D eigenvalue weighted by Gasteiger charge is 2.27. The smallest absolute Gasteiger partial charge is 0.257 e. The number of thiophene rings is 1. The Hall–Kier alpha value is -2.62. The summed E-state index contributed by atoms with van der Waals surface area (Å²) in [5.74, 6) is 0.240. The second kappa shape index (κ2) is 8.40. The Morgan fingerprint density at radius 1 is 1.31 bits per heavy atom. The van der Waals surface area contributed by atoms with Gasteiger partial charge in [0.15, 0.2) is 6.29 Å². The van der Waals surface area contributed by atoms with Crippen LogP contribution in [-0.2, 0) is 4.79 Å². The molecule has 1 saturated heterocycles. The molecule has 2 amide bonds. The molecule has 7 nitrogen and oxygen atoms in total. The van der Waals surface area contributed by atoms with Gasteiger partial charge in [0, 0.05) is 23.4 Å². The van der Waals surface area contributed by atoms with Gasteiger partial charge in [-0.1, -0.05) is 18.2 Å². The van der Waals surface area contributed by atoms with Crippen LogP contribution in [0.3, 0.4) is 0 Å². The first-order valence-corrected chi connectivity index (χ1v) is 11.3. The van der Waals surface area contributed by atoms with Gasteiger partial charge in [0.25, 0.3) is 5.91 Å². The Morgan fingerprint density at radius 2 is 2.14 bits per heavy atom. The molecule has 1 aromatic carbocycles. The van der Waals surface area contributed by atoms with Crippen molar-refractivity contribution in [2.45, 2.75) is 30.6 Å². The van der Waals surface area contributed by atoms with Gasteiger partial charge < -0.3 is 10.6 Å². The lowest BCUT2D eigenvalue weighted by Crippen LogP contribution is -2.52. The number of amides is 2. The Balaban J connectivity index is 1.69. The molecule has 1 aliphatic heterocycles. The predicted octanol–water partition coefficient (Wildman–Crippen LogP) is 3.54. The van der Waals surface area contributed by atoms with Gasteiger partial charge >= 0.3 is 0 Å². The molecule has 1 aliphatic rings. The molecule has 3 aromatic rings. The summed E-state index contributed by atoms with van der Waals surface area (Å²) in [6, 6.07) is 13.2. The number of benzene rings is 1. The van der Waals surface area contributed by atoms with Crippen molar-refractivity contribution in [3.05, 3.63) is 53.4 Å². The third-order valence-corrected chi connectivity index (χ3v) is 6.27. The van der Waals surface area contributed by atoms with Gasteiger partial charge in [-0.15, -0.1) is 23.1 Å². The van der Waals surface area contributed by atoms with E-state index in [9.17, 15) is 9.59 Å². The van der Waals surface area contributed by atoms with Crippen LogP contribution in [0.25, 0.3) is 10.6 Å². The third-order valence-electron chi connectivity index (χ3n) is 4.58. The molecule has 9 heteroatoms. The minimum atomic E-state index is -0.536. The third kappa shape index (κ3) is 4.21. The standard InChI is InChI=1S/C20H21N5O2S2/c1-12-10-18(26)23-20(21-12)25-17(11-14(24-25)16-8-5-9-29-16)22-19(27)13-6-3-4-7-15(13)28-2/h3-9,11-12,20-21H,10H2,1-2H3,(H,22,27)(H,23,26). The SMILES string of the molecule is CSc1ccccc1C(=O)Nc1cc(-c2cccs2)nn1C1NC(=O)CC(C)N1. The summed E-state index contributed by atoms with van der Waals surface area (Å²) in [7, 11) is 0. The number of nitrogens with zero attached hydrogens (tertiary/aromatic N) is 2. The van der Waals surface area contributed by atoms with Crippen LogP contribution in [0.1, 0.15) is 30.0 Å². The summed E-state index contributed by atoms with van der Waals surface area (Å²) < 4.78 is 1.63. The molecule has 0 radical (unpaired) electrons. The quantitative estimate of drug-likeness (QED) is 0.542. The van der Waals surface area contributed by atoms with Crippen molar-refractivity contribution in [3.63, 3.8) is 0 Å². The first-order valence-electron chi connectivity index (χ1n) is 9.18. The molecule has 0 bridgehead atoms. The van der Waals surface area contributed by atoms with Crippen molar-refractivity contribution in [2.75, 3.05) is 11.6 Å². The molecule has 4 rings (SSSR count). The average molecular weight is 428 g/mol. The van der Waals surface area contributed by atoms with E-state index in [1.807, 2.05) is 55.0 Å². The van der Waals surface area contributed by atoms with Gasteiger partial charge in [0.05, 0.1) is 10.4 Å². The number of hydrogen-bond acceptors (Lipinski definition) is 6. The predicted molar refractivity (Wildman–Crippen MR) is 116 cm³/mol. The maximum atomic E-state index is 13.0. The Bertz CT molecular complexity index is 1030. The second-order valence-corrected chi connectivity index (χ2v) is 8.53. The zero-order valence-corrected chi connectivity index (χ0v) is 17.6. The molecule has 0 aliphatic carbocycles. The number of nitrogens with one attached hydrogen (secondary N) is 3. The van der Waals surface area contributed by atoms with Gasteiger partial charge in [-0.2, -0.15) is 5.10 Å². The molecule has 3 N–H and O–H groups in total. The van der Waals surface area contributed by atoms with E-state index in [0.29, 0.717) is 17.8 Å². The molecule has 29 heavy (non-hydrogen) atoms. The molecular weight excluding hydrogens is 406 g/mol. The van der Waals surface area contributed by atoms with Gasteiger partial charge in [-0.3, -0.25) is 14.9 Å². The first-order chi connectivity index (χ1) is 14.0. The van der Waals surface area contributed by atoms with Crippen LogP contribution < -0.4 is 16.0 Å². The largest absolute Gasteiger partial charge is 0.322 e. The second-order valence-electron chi connectivity index (χ2n) is 6.73. The zero-order valence-electron chi connectivity index (χ0n) is 16.0. The Kier molecular flexibility index (Phi) is 5.70. The maximum Gasteiger partial charge on any atom is 0.257 e. The van der Waals surface area contributed by atoms with Crippen LogP contribution in [0, 0.1) is 0 Å². The minimum Gasteiger partial charge on any atom is -0.322 e. The van der Waals surface area contributed by atoms with E-state index in [4.69, 9.17) is 0 Å². The van der Waals surface area contributed by atoms with E-state index < -0.39 is 6.29 Å². The zero-order chi connectivity index (χ0) is 20.4. The van der Waals surface area contributed by atoms with Crippen molar-refractivity contribution in [2.24, 2.45) is 0 Å². The number of carbonyl (C=O) groups excluding carboxylic acids is 2. The lowest BCUT2D eigenvalue weighted by atomic mass is 10.2. The summed E-state index contributed by atoms with van der Waals surface area (Å²) in [5.41, 5.74) is 1.34. The molecule has 2 aromatic heterocycles. The molecule has 0 spiro atoms. The van der Waals surface area contributed by atoms with Gasteiger partial charge in [0.2, 0.25) is 5.91 Å². The number of thioether (sulfide) groups is 1. The summed E-state index contributed by atoms with van der Waals surface area (Å²) in [5, 5.41) is 15.8. The van der Waals surface area contributed by atoms with Crippen LogP contribution in [-0.4, -0.2) is 33.9 Å². The molecule has 150 valence electrons. The number of aromatic nitrogens is 2. The Morgan fingerprint density at radius 3 is 2.86 bits per heavy atom. The van der Waals surface area contributed by atoms with Crippen molar-refractivity contribution in [3.8, 4) is 10.6 Å². The summed E-state index contributed by atoms with van der Waals surface area (Å²) >= 11 is 3.09. The van der Waals surface area contributed by atoms with Gasteiger partial charge in [-0.05, 0) is 36.8 Å². The summed E-state index contributed by atoms with van der Waals surface area (Å²) in [6.45, 7) is 1.95. The normalized spacial score (nSPS) is 19.0. The lowest BCUT2D eigenvalue weighted by molar-refractivity contribution is -0.125. The lowest BCUT2D eigenvalue weighted by Gasteiger charge is -2.30. The van der Waals surface area contributed by atoms with Crippen molar-refractivity contribution in [1.29, 1.82) is 0 Å². The van der Waals surface area contributed by atoms with Crippen molar-refractivity contribution in [1.82, 2.24) is 20.4 Å². The van der Waals surface area contributed by atoms with E-state index >= 15 is 0 Å². The monoisotopic (exact) mass is 427 g/mol. The number of anilines is 1. The van der Waals surface area contributed by atoms with Crippen LogP contribution in [0.15, 0.2) is 52.7 Å². The summed E-state index contributed by atoms with van der Waals surface area (Å²) in [4.78, 5) is 26.9. The highest BCUT2D eigenvalue weighted by molar-refractivity contribution is 7.98. The fraction of sp³-hybridized carbons (Fsp3) is 0.250. The molecule has 1 fully saturated rings. The molecular formula is C20H21N5O2S2. The van der Waals surface area contributed by atoms with E-state index in [1.54, 1.807) is 22.1 Å². The number of rotatable bonds is 5. The topological polar surface area (TPSA) is 88.1 Å². The van der Waals surface area contributed by atoms with Crippen LogP contribution in [0.4, 0.5) is 5.82 Å². The van der Waals surface area contributed by atoms with E-state index in [2.05, 4.69) is 21.0 Å². The molecule has 2 atom stereocenters. The van der Waals surface area contributed by atoms with E-state index in [0.717, 1.165) is 15.5 Å². The average Bonchev–Trinajstić information content (AvgIpc) is 3.37. The van der Waals surface area contributed by atoms with Crippen molar-refractivity contribution < 1.29 is 9.59 Å². The van der Waals surface area contributed by atoms with Crippen LogP contribution >= 0.6 is 23.1 Å². The Labute approximate surface area is 176 Å². The first kappa shape index (κ1) is 19.7. The van der Waals surface area contributed by atoms with Gasteiger partial charge in [-0.25, -0.2) is 4.68 Å². The number of hydrogen-bond donors (Lipinski definition) is 3. The van der Waals surface area contributed by atoms with E-state index in [1.165, 1.54) is 11.8 Å². The van der Waals surface area contributed by atoms with Crippen LogP contribution in [0.2, 0.25) is 0 Å². The van der Waals surface area contributed by atoms with Gasteiger partial charge in [0.1, 0.15) is 11.5 Å². The number of carbonyl (C=O) groups is 2. The maximum absolute atomic E-state index is 13.0. The highest BCUT2D eigenvalue weighted by atomic mass is 32.2. The minimum absolute atomic E-state index is 0.00362. The van der Waals surface area contributed by atoms with Crippen molar-refractivity contribution >= 4 is 40.7 Å². The van der Waals surface area contributed by atoms with Crippen LogP contribution in [0.5, 0.6) is 0 Å². The van der Waals surface area contributed by atoms with E-state index in [-0.39, 0.29) is 17.9 Å². The molecule has 3 heterocycles.